The van der Waals surface area contributed by atoms with Crippen molar-refractivity contribution in [2.75, 3.05) is 12.4 Å². The SMILES string of the molecule is COc1ccc(NC(=O)[C@@H](C)OC(=O)Cc2c(C)nc3ncnn3c2C)cc1. The molecule has 1 aromatic carbocycles. The normalized spacial score (nSPS) is 11.9. The van der Waals surface area contributed by atoms with Crippen molar-refractivity contribution in [1.82, 2.24) is 19.6 Å². The van der Waals surface area contributed by atoms with Gasteiger partial charge in [-0.15, -0.1) is 0 Å². The third-order valence-electron chi connectivity index (χ3n) is 4.34. The highest BCUT2D eigenvalue weighted by molar-refractivity contribution is 5.95. The van der Waals surface area contributed by atoms with Crippen LogP contribution in [0.4, 0.5) is 5.69 Å². The van der Waals surface area contributed by atoms with Gasteiger partial charge in [0.1, 0.15) is 12.1 Å². The largest absolute Gasteiger partial charge is 0.497 e. The second kappa shape index (κ2) is 8.03. The Bertz CT molecular complexity index is 1010. The fraction of sp³-hybridized carbons (Fsp3) is 0.316. The number of fused-ring (bicyclic) bond motifs is 1. The number of carbonyl (C=O) groups is 2. The summed E-state index contributed by atoms with van der Waals surface area (Å²) in [6.07, 6.45) is 0.446. The number of ether oxygens (including phenoxy) is 2. The first kappa shape index (κ1) is 19.3. The smallest absolute Gasteiger partial charge is 0.311 e. The predicted molar refractivity (Wildman–Crippen MR) is 101 cm³/mol. The van der Waals surface area contributed by atoms with Gasteiger partial charge in [0.05, 0.1) is 13.5 Å². The summed E-state index contributed by atoms with van der Waals surface area (Å²) in [6, 6.07) is 6.87. The van der Waals surface area contributed by atoms with Gasteiger partial charge in [-0.3, -0.25) is 9.59 Å². The number of nitrogens with one attached hydrogen (secondary N) is 1. The van der Waals surface area contributed by atoms with Crippen molar-refractivity contribution in [3.8, 4) is 5.75 Å². The number of esters is 1. The lowest BCUT2D eigenvalue weighted by atomic mass is 10.1. The molecule has 0 aliphatic carbocycles. The summed E-state index contributed by atoms with van der Waals surface area (Å²) < 4.78 is 11.9. The minimum absolute atomic E-state index is 0.0133. The number of rotatable bonds is 6. The Hall–Kier alpha value is -3.49. The molecule has 1 N–H and O–H groups in total. The molecule has 0 saturated carbocycles. The zero-order valence-electron chi connectivity index (χ0n) is 16.1. The number of benzene rings is 1. The predicted octanol–water partition coefficient (Wildman–Crippen LogP) is 1.86. The van der Waals surface area contributed by atoms with Crippen LogP contribution in [0.3, 0.4) is 0 Å². The lowest BCUT2D eigenvalue weighted by Gasteiger charge is -2.15. The topological polar surface area (TPSA) is 108 Å². The van der Waals surface area contributed by atoms with Gasteiger partial charge in [-0.25, -0.2) is 9.50 Å². The lowest BCUT2D eigenvalue weighted by molar-refractivity contribution is -0.152. The van der Waals surface area contributed by atoms with Crippen LogP contribution in [0.25, 0.3) is 5.78 Å². The van der Waals surface area contributed by atoms with E-state index >= 15 is 0 Å². The molecular formula is C19H21N5O4. The summed E-state index contributed by atoms with van der Waals surface area (Å²) >= 11 is 0. The Morgan fingerprint density at radius 1 is 1.21 bits per heavy atom. The van der Waals surface area contributed by atoms with Crippen molar-refractivity contribution in [3.05, 3.63) is 47.5 Å². The van der Waals surface area contributed by atoms with E-state index in [0.717, 1.165) is 5.69 Å². The van der Waals surface area contributed by atoms with Crippen LogP contribution >= 0.6 is 0 Å². The lowest BCUT2D eigenvalue weighted by Crippen LogP contribution is -2.30. The first-order chi connectivity index (χ1) is 13.4. The molecule has 3 rings (SSSR count). The van der Waals surface area contributed by atoms with Gasteiger partial charge in [0.25, 0.3) is 11.7 Å². The van der Waals surface area contributed by atoms with Crippen molar-refractivity contribution in [1.29, 1.82) is 0 Å². The number of hydrogen-bond donors (Lipinski definition) is 1. The minimum Gasteiger partial charge on any atom is -0.497 e. The van der Waals surface area contributed by atoms with Crippen LogP contribution in [0, 0.1) is 13.8 Å². The number of amides is 1. The number of aryl methyl sites for hydroxylation is 2. The number of carbonyl (C=O) groups excluding carboxylic acids is 2. The van der Waals surface area contributed by atoms with Gasteiger partial charge in [0, 0.05) is 22.6 Å². The maximum absolute atomic E-state index is 12.4. The molecule has 146 valence electrons. The Morgan fingerprint density at radius 3 is 2.61 bits per heavy atom. The summed E-state index contributed by atoms with van der Waals surface area (Å²) in [6.45, 7) is 5.15. The van der Waals surface area contributed by atoms with Crippen LogP contribution in [-0.2, 0) is 20.7 Å². The number of methoxy groups -OCH3 is 1. The standard InChI is InChI=1S/C19H21N5O4/c1-11-16(12(2)24-19(22-11)20-10-21-24)9-17(25)28-13(3)18(26)23-14-5-7-15(27-4)8-6-14/h5-8,10,13H,9H2,1-4H3,(H,23,26)/t13-/m1/s1. The van der Waals surface area contributed by atoms with E-state index in [1.165, 1.54) is 13.3 Å². The first-order valence-corrected chi connectivity index (χ1v) is 8.69. The molecule has 9 heteroatoms. The number of nitrogens with zero attached hydrogens (tertiary/aromatic N) is 4. The summed E-state index contributed by atoms with van der Waals surface area (Å²) in [5, 5.41) is 6.79. The third kappa shape index (κ3) is 4.08. The van der Waals surface area contributed by atoms with Crippen molar-refractivity contribution >= 4 is 23.3 Å². The first-order valence-electron chi connectivity index (χ1n) is 8.69. The molecule has 0 spiro atoms. The molecule has 1 amide bonds. The molecule has 0 aliphatic rings. The molecule has 2 heterocycles. The zero-order valence-corrected chi connectivity index (χ0v) is 16.1. The molecule has 0 bridgehead atoms. The zero-order chi connectivity index (χ0) is 20.3. The van der Waals surface area contributed by atoms with Crippen LogP contribution in [-0.4, -0.2) is 44.7 Å². The molecule has 0 fully saturated rings. The van der Waals surface area contributed by atoms with Crippen molar-refractivity contribution in [3.63, 3.8) is 0 Å². The van der Waals surface area contributed by atoms with Gasteiger partial charge in [-0.05, 0) is 45.0 Å². The number of aromatic nitrogens is 4. The Morgan fingerprint density at radius 2 is 1.93 bits per heavy atom. The molecule has 9 nitrogen and oxygen atoms in total. The summed E-state index contributed by atoms with van der Waals surface area (Å²) in [4.78, 5) is 33.0. The monoisotopic (exact) mass is 383 g/mol. The molecule has 0 unspecified atom stereocenters. The van der Waals surface area contributed by atoms with E-state index in [1.54, 1.807) is 42.8 Å². The third-order valence-corrected chi connectivity index (χ3v) is 4.34. The van der Waals surface area contributed by atoms with Gasteiger partial charge >= 0.3 is 5.97 Å². The second-order valence-corrected chi connectivity index (χ2v) is 6.26. The highest BCUT2D eigenvalue weighted by Crippen LogP contribution is 2.16. The molecule has 28 heavy (non-hydrogen) atoms. The van der Waals surface area contributed by atoms with E-state index < -0.39 is 18.0 Å². The van der Waals surface area contributed by atoms with E-state index in [0.29, 0.717) is 28.5 Å². The molecule has 0 aliphatic heterocycles. The number of anilines is 1. The van der Waals surface area contributed by atoms with Crippen LogP contribution < -0.4 is 10.1 Å². The fourth-order valence-electron chi connectivity index (χ4n) is 2.77. The van der Waals surface area contributed by atoms with E-state index in [4.69, 9.17) is 9.47 Å². The minimum atomic E-state index is -0.946. The molecular weight excluding hydrogens is 362 g/mol. The van der Waals surface area contributed by atoms with Gasteiger partial charge < -0.3 is 14.8 Å². The van der Waals surface area contributed by atoms with E-state index in [2.05, 4.69) is 20.4 Å². The quantitative estimate of drug-likeness (QED) is 0.647. The van der Waals surface area contributed by atoms with Gasteiger partial charge in [0.2, 0.25) is 0 Å². The molecule has 2 aromatic heterocycles. The average Bonchev–Trinajstić information content (AvgIpc) is 3.14. The molecule has 1 atom stereocenters. The molecule has 3 aromatic rings. The average molecular weight is 383 g/mol. The van der Waals surface area contributed by atoms with Crippen molar-refractivity contribution < 1.29 is 19.1 Å². The fourth-order valence-corrected chi connectivity index (χ4v) is 2.77. The molecule has 0 radical (unpaired) electrons. The Kier molecular flexibility index (Phi) is 5.53. The number of hydrogen-bond acceptors (Lipinski definition) is 7. The van der Waals surface area contributed by atoms with Gasteiger partial charge in [-0.1, -0.05) is 0 Å². The van der Waals surface area contributed by atoms with Crippen LogP contribution in [0.15, 0.2) is 30.6 Å². The van der Waals surface area contributed by atoms with Crippen LogP contribution in [0.1, 0.15) is 23.9 Å². The van der Waals surface area contributed by atoms with Crippen molar-refractivity contribution in [2.45, 2.75) is 33.3 Å². The maximum Gasteiger partial charge on any atom is 0.311 e. The summed E-state index contributed by atoms with van der Waals surface area (Å²) in [5.74, 6) is 0.210. The van der Waals surface area contributed by atoms with E-state index in [1.807, 2.05) is 6.92 Å². The second-order valence-electron chi connectivity index (χ2n) is 6.26. The Labute approximate surface area is 161 Å². The Balaban J connectivity index is 1.63. The highest BCUT2D eigenvalue weighted by atomic mass is 16.5. The summed E-state index contributed by atoms with van der Waals surface area (Å²) in [5.41, 5.74) is 2.71. The van der Waals surface area contributed by atoms with Crippen LogP contribution in [0.2, 0.25) is 0 Å². The molecule has 0 saturated heterocycles. The summed E-state index contributed by atoms with van der Waals surface area (Å²) in [7, 11) is 1.56. The van der Waals surface area contributed by atoms with Gasteiger partial charge in [-0.2, -0.15) is 10.1 Å². The highest BCUT2D eigenvalue weighted by Gasteiger charge is 2.21. The van der Waals surface area contributed by atoms with E-state index in [-0.39, 0.29) is 6.42 Å². The van der Waals surface area contributed by atoms with E-state index in [9.17, 15) is 9.59 Å². The van der Waals surface area contributed by atoms with Crippen molar-refractivity contribution in [2.24, 2.45) is 0 Å². The van der Waals surface area contributed by atoms with Gasteiger partial charge in [0.15, 0.2) is 6.10 Å². The maximum atomic E-state index is 12.4. The van der Waals surface area contributed by atoms with Crippen LogP contribution in [0.5, 0.6) is 5.75 Å².